The van der Waals surface area contributed by atoms with Gasteiger partial charge in [-0.25, -0.2) is 9.13 Å². The minimum absolute atomic E-state index is 0.178. The Hall–Kier alpha value is -0.880. The van der Waals surface area contributed by atoms with E-state index in [4.69, 9.17) is 4.55 Å². The van der Waals surface area contributed by atoms with Crippen LogP contribution in [0, 0.1) is 0 Å². The lowest BCUT2D eigenvalue weighted by Crippen LogP contribution is -2.32. The smallest absolute Gasteiger partial charge is 0.265 e. The van der Waals surface area contributed by atoms with Gasteiger partial charge in [-0.05, 0) is 12.8 Å². The summed E-state index contributed by atoms with van der Waals surface area (Å²) in [5.74, 6) is -0.178. The SMILES string of the molecule is CCCCCCCCn1cc[n+](CCCS(=O)(=O)O)c1. The topological polar surface area (TPSA) is 63.2 Å². The van der Waals surface area contributed by atoms with Crippen molar-refractivity contribution in [2.75, 3.05) is 5.75 Å². The van der Waals surface area contributed by atoms with Crippen molar-refractivity contribution in [2.24, 2.45) is 0 Å². The maximum absolute atomic E-state index is 10.6. The maximum Gasteiger partial charge on any atom is 0.265 e. The van der Waals surface area contributed by atoms with E-state index in [2.05, 4.69) is 11.5 Å². The van der Waals surface area contributed by atoms with Gasteiger partial charge < -0.3 is 0 Å². The van der Waals surface area contributed by atoms with Crippen LogP contribution in [-0.4, -0.2) is 23.3 Å². The summed E-state index contributed by atoms with van der Waals surface area (Å²) < 4.78 is 34.0. The molecule has 0 unspecified atom stereocenters. The molecule has 0 aliphatic carbocycles. The highest BCUT2D eigenvalue weighted by molar-refractivity contribution is 7.85. The Kier molecular flexibility index (Phi) is 7.84. The second-order valence-electron chi connectivity index (χ2n) is 5.30. The fraction of sp³-hybridized carbons (Fsp3) is 0.786. The van der Waals surface area contributed by atoms with Crippen LogP contribution in [0.3, 0.4) is 0 Å². The number of imidazole rings is 1. The van der Waals surface area contributed by atoms with E-state index >= 15 is 0 Å². The van der Waals surface area contributed by atoms with Gasteiger partial charge in [-0.15, -0.1) is 0 Å². The summed E-state index contributed by atoms with van der Waals surface area (Å²) in [5.41, 5.74) is 0. The summed E-state index contributed by atoms with van der Waals surface area (Å²) in [6, 6.07) is 0. The van der Waals surface area contributed by atoms with Crippen LogP contribution in [0.25, 0.3) is 0 Å². The average Bonchev–Trinajstić information content (AvgIpc) is 2.80. The van der Waals surface area contributed by atoms with E-state index in [0.29, 0.717) is 13.0 Å². The van der Waals surface area contributed by atoms with E-state index in [9.17, 15) is 8.42 Å². The zero-order valence-corrected chi connectivity index (χ0v) is 13.2. The molecule has 1 aromatic heterocycles. The van der Waals surface area contributed by atoms with Gasteiger partial charge in [-0.2, -0.15) is 8.42 Å². The van der Waals surface area contributed by atoms with Crippen LogP contribution in [0.4, 0.5) is 0 Å². The molecule has 6 heteroatoms. The van der Waals surface area contributed by atoms with Crippen LogP contribution in [0.15, 0.2) is 18.7 Å². The first kappa shape index (κ1) is 17.2. The quantitative estimate of drug-likeness (QED) is 0.388. The number of nitrogens with zero attached hydrogens (tertiary/aromatic N) is 2. The Morgan fingerprint density at radius 3 is 2.50 bits per heavy atom. The van der Waals surface area contributed by atoms with Crippen LogP contribution in [-0.2, 0) is 23.2 Å². The Labute approximate surface area is 122 Å². The van der Waals surface area contributed by atoms with Gasteiger partial charge in [0.05, 0.1) is 18.8 Å². The van der Waals surface area contributed by atoms with Crippen molar-refractivity contribution < 1.29 is 17.5 Å². The Balaban J connectivity index is 2.16. The van der Waals surface area contributed by atoms with E-state index in [1.165, 1.54) is 38.5 Å². The number of aromatic nitrogens is 2. The summed E-state index contributed by atoms with van der Waals surface area (Å²) in [6.45, 7) is 3.85. The number of rotatable bonds is 11. The minimum Gasteiger partial charge on any atom is -0.286 e. The highest BCUT2D eigenvalue weighted by atomic mass is 32.2. The largest absolute Gasteiger partial charge is 0.286 e. The summed E-state index contributed by atoms with van der Waals surface area (Å²) in [5, 5.41) is 0. The van der Waals surface area contributed by atoms with E-state index < -0.39 is 10.1 Å². The van der Waals surface area contributed by atoms with Crippen LogP contribution in [0.1, 0.15) is 51.9 Å². The van der Waals surface area contributed by atoms with Gasteiger partial charge in [0.1, 0.15) is 12.4 Å². The standard InChI is InChI=1S/C14H26N2O3S/c1-2-3-4-5-6-7-9-15-11-12-16(14-15)10-8-13-20(17,18)19/h11-12,14H,2-10,13H2,1H3/p+1. The molecule has 0 spiro atoms. The van der Waals surface area contributed by atoms with Gasteiger partial charge in [0.2, 0.25) is 6.33 Å². The van der Waals surface area contributed by atoms with Gasteiger partial charge in [0.25, 0.3) is 10.1 Å². The molecule has 0 atom stereocenters. The first-order valence-corrected chi connectivity index (χ1v) is 9.12. The zero-order valence-electron chi connectivity index (χ0n) is 12.4. The molecule has 0 fully saturated rings. The lowest BCUT2D eigenvalue weighted by molar-refractivity contribution is -0.696. The maximum atomic E-state index is 10.6. The molecule has 20 heavy (non-hydrogen) atoms. The predicted molar refractivity (Wildman–Crippen MR) is 79.0 cm³/mol. The molecule has 116 valence electrons. The van der Waals surface area contributed by atoms with Gasteiger partial charge in [0, 0.05) is 6.42 Å². The van der Waals surface area contributed by atoms with Crippen LogP contribution < -0.4 is 4.57 Å². The van der Waals surface area contributed by atoms with Crippen molar-refractivity contribution in [3.8, 4) is 0 Å². The van der Waals surface area contributed by atoms with E-state index in [-0.39, 0.29) is 5.75 Å². The summed E-state index contributed by atoms with van der Waals surface area (Å²) in [7, 11) is -3.83. The molecule has 1 aromatic rings. The summed E-state index contributed by atoms with van der Waals surface area (Å²) >= 11 is 0. The third-order valence-corrected chi connectivity index (χ3v) is 4.14. The molecule has 1 heterocycles. The molecular formula is C14H27N2O3S+. The van der Waals surface area contributed by atoms with Crippen molar-refractivity contribution in [1.29, 1.82) is 0 Å². The second kappa shape index (κ2) is 9.13. The first-order chi connectivity index (χ1) is 9.51. The summed E-state index contributed by atoms with van der Waals surface area (Å²) in [4.78, 5) is 0. The molecule has 0 bridgehead atoms. The average molecular weight is 303 g/mol. The van der Waals surface area contributed by atoms with Crippen molar-refractivity contribution in [3.63, 3.8) is 0 Å². The second-order valence-corrected chi connectivity index (χ2v) is 6.87. The Morgan fingerprint density at radius 1 is 1.10 bits per heavy atom. The van der Waals surface area contributed by atoms with Crippen molar-refractivity contribution in [1.82, 2.24) is 4.57 Å². The molecule has 0 saturated carbocycles. The van der Waals surface area contributed by atoms with Crippen LogP contribution in [0.2, 0.25) is 0 Å². The highest BCUT2D eigenvalue weighted by Gasteiger charge is 2.07. The van der Waals surface area contributed by atoms with E-state index in [1.54, 1.807) is 0 Å². The monoisotopic (exact) mass is 303 g/mol. The predicted octanol–water partition coefficient (Wildman–Crippen LogP) is 2.41. The Morgan fingerprint density at radius 2 is 1.80 bits per heavy atom. The zero-order chi connectivity index (χ0) is 14.8. The highest BCUT2D eigenvalue weighted by Crippen LogP contribution is 2.05. The lowest BCUT2D eigenvalue weighted by Gasteiger charge is -1.99. The molecule has 1 rings (SSSR count). The van der Waals surface area contributed by atoms with Crippen molar-refractivity contribution in [2.45, 2.75) is 65.0 Å². The molecule has 1 N–H and O–H groups in total. The normalized spacial score (nSPS) is 11.9. The Bertz CT molecular complexity index is 469. The molecular weight excluding hydrogens is 276 g/mol. The fourth-order valence-corrected chi connectivity index (χ4v) is 2.70. The lowest BCUT2D eigenvalue weighted by atomic mass is 10.1. The number of unbranched alkanes of at least 4 members (excludes halogenated alkanes) is 5. The molecule has 0 aromatic carbocycles. The van der Waals surface area contributed by atoms with Gasteiger partial charge in [-0.1, -0.05) is 32.6 Å². The first-order valence-electron chi connectivity index (χ1n) is 7.51. The van der Waals surface area contributed by atoms with Gasteiger partial charge in [0.15, 0.2) is 0 Å². The van der Waals surface area contributed by atoms with E-state index in [0.717, 1.165) is 6.54 Å². The fourth-order valence-electron chi connectivity index (χ4n) is 2.21. The third-order valence-electron chi connectivity index (χ3n) is 3.33. The minimum atomic E-state index is -3.83. The molecule has 0 aliphatic rings. The number of aryl methyl sites for hydroxylation is 2. The van der Waals surface area contributed by atoms with Crippen LogP contribution >= 0.6 is 0 Å². The van der Waals surface area contributed by atoms with Crippen LogP contribution in [0.5, 0.6) is 0 Å². The molecule has 0 radical (unpaired) electrons. The van der Waals surface area contributed by atoms with Crippen molar-refractivity contribution >= 4 is 10.1 Å². The third kappa shape index (κ3) is 8.32. The molecule has 0 saturated heterocycles. The summed E-state index contributed by atoms with van der Waals surface area (Å²) in [6.07, 6.45) is 14.1. The number of hydrogen-bond acceptors (Lipinski definition) is 2. The molecule has 0 amide bonds. The van der Waals surface area contributed by atoms with Gasteiger partial charge in [-0.3, -0.25) is 4.55 Å². The molecule has 0 aliphatic heterocycles. The molecule has 5 nitrogen and oxygen atoms in total. The van der Waals surface area contributed by atoms with Gasteiger partial charge >= 0.3 is 0 Å². The number of hydrogen-bond donors (Lipinski definition) is 1. The van der Waals surface area contributed by atoms with Crippen molar-refractivity contribution in [3.05, 3.63) is 18.7 Å². The van der Waals surface area contributed by atoms with E-state index in [1.807, 2.05) is 23.3 Å².